The molecular weight excluding hydrogens is 348 g/mol. The lowest BCUT2D eigenvalue weighted by Crippen LogP contribution is -2.01. The lowest BCUT2D eigenvalue weighted by Gasteiger charge is -2.02. The van der Waals surface area contributed by atoms with Gasteiger partial charge in [0.2, 0.25) is 0 Å². The van der Waals surface area contributed by atoms with E-state index in [1.54, 1.807) is 4.68 Å². The van der Waals surface area contributed by atoms with E-state index < -0.39 is 0 Å². The van der Waals surface area contributed by atoms with Gasteiger partial charge in [0.15, 0.2) is 0 Å². The van der Waals surface area contributed by atoms with Crippen molar-refractivity contribution in [2.75, 3.05) is 0 Å². The number of aromatic nitrogens is 6. The third-order valence-electron chi connectivity index (χ3n) is 4.99. The fourth-order valence-corrected chi connectivity index (χ4v) is 3.48. The van der Waals surface area contributed by atoms with Gasteiger partial charge in [-0.15, -0.1) is 0 Å². The molecule has 6 nitrogen and oxygen atoms in total. The van der Waals surface area contributed by atoms with E-state index in [1.807, 2.05) is 48.8 Å². The average Bonchev–Trinajstić information content (AvgIpc) is 3.46. The third-order valence-corrected chi connectivity index (χ3v) is 4.99. The van der Waals surface area contributed by atoms with Crippen LogP contribution in [0, 0.1) is 0 Å². The maximum Gasteiger partial charge on any atom is 0.137 e. The Kier molecular flexibility index (Phi) is 4.01. The zero-order chi connectivity index (χ0) is 18.9. The Morgan fingerprint density at radius 2 is 1.79 bits per heavy atom. The molecule has 4 heterocycles. The molecule has 1 aromatic carbocycles. The topological polar surface area (TPSA) is 64.3 Å². The van der Waals surface area contributed by atoms with Crippen LogP contribution in [0.25, 0.3) is 33.3 Å². The molecule has 0 atom stereocenters. The van der Waals surface area contributed by atoms with Crippen molar-refractivity contribution in [2.24, 2.45) is 7.05 Å². The zero-order valence-corrected chi connectivity index (χ0v) is 15.6. The van der Waals surface area contributed by atoms with Gasteiger partial charge in [0.1, 0.15) is 5.65 Å². The molecular formula is C22H20N6. The first kappa shape index (κ1) is 16.5. The number of aryl methyl sites for hydroxylation is 3. The molecule has 6 heteroatoms. The molecule has 0 aliphatic carbocycles. The fourth-order valence-electron chi connectivity index (χ4n) is 3.48. The van der Waals surface area contributed by atoms with Crippen molar-refractivity contribution in [2.45, 2.75) is 13.0 Å². The lowest BCUT2D eigenvalue weighted by molar-refractivity contribution is 0.615. The van der Waals surface area contributed by atoms with E-state index in [2.05, 4.69) is 56.7 Å². The molecule has 5 rings (SSSR count). The smallest absolute Gasteiger partial charge is 0.137 e. The summed E-state index contributed by atoms with van der Waals surface area (Å²) in [4.78, 5) is 7.84. The monoisotopic (exact) mass is 368 g/mol. The Balaban J connectivity index is 1.44. The molecule has 138 valence electrons. The molecule has 0 spiro atoms. The van der Waals surface area contributed by atoms with E-state index in [0.29, 0.717) is 0 Å². The summed E-state index contributed by atoms with van der Waals surface area (Å²) in [7, 11) is 1.92. The van der Waals surface area contributed by atoms with Crippen molar-refractivity contribution >= 4 is 11.0 Å². The highest BCUT2D eigenvalue weighted by atomic mass is 15.3. The van der Waals surface area contributed by atoms with Crippen LogP contribution >= 0.6 is 0 Å². The molecule has 0 aliphatic heterocycles. The number of nitrogens with one attached hydrogen (secondary N) is 1. The minimum Gasteiger partial charge on any atom is -0.346 e. The number of H-pyrrole nitrogens is 1. The number of benzene rings is 1. The van der Waals surface area contributed by atoms with E-state index in [4.69, 9.17) is 0 Å². The summed E-state index contributed by atoms with van der Waals surface area (Å²) in [6.07, 6.45) is 12.7. The van der Waals surface area contributed by atoms with Crippen molar-refractivity contribution in [3.8, 4) is 22.3 Å². The largest absolute Gasteiger partial charge is 0.346 e. The van der Waals surface area contributed by atoms with Gasteiger partial charge in [0.05, 0.1) is 12.4 Å². The van der Waals surface area contributed by atoms with Crippen molar-refractivity contribution < 1.29 is 0 Å². The van der Waals surface area contributed by atoms with Crippen LogP contribution < -0.4 is 0 Å². The van der Waals surface area contributed by atoms with Gasteiger partial charge in [-0.2, -0.15) is 10.2 Å². The number of hydrogen-bond donors (Lipinski definition) is 1. The molecule has 0 unspecified atom stereocenters. The van der Waals surface area contributed by atoms with E-state index in [0.717, 1.165) is 46.3 Å². The second-order valence-electron chi connectivity index (χ2n) is 6.95. The van der Waals surface area contributed by atoms with Crippen LogP contribution in [0.5, 0.6) is 0 Å². The predicted octanol–water partition coefficient (Wildman–Crippen LogP) is 4.07. The molecule has 0 saturated heterocycles. The Morgan fingerprint density at radius 1 is 0.929 bits per heavy atom. The number of hydrogen-bond acceptors (Lipinski definition) is 3. The summed E-state index contributed by atoms with van der Waals surface area (Å²) in [5.74, 6) is 0. The number of pyridine rings is 1. The van der Waals surface area contributed by atoms with Crippen LogP contribution in [0.2, 0.25) is 0 Å². The standard InChI is InChI=1S/C22H20N6/c1-27-14-18(11-25-27)17-9-20-21(13-24-22(20)23-10-17)19-12-26-28(15-19)8-7-16-5-3-2-4-6-16/h2-6,9-15H,7-8H2,1H3,(H,23,24). The SMILES string of the molecule is Cn1cc(-c2cnc3[nH]cc(-c4cnn(CCc5ccccc5)c4)c3c2)cn1. The van der Waals surface area contributed by atoms with Crippen LogP contribution in [0.3, 0.4) is 0 Å². The fraction of sp³-hybridized carbons (Fsp3) is 0.136. The number of aromatic amines is 1. The van der Waals surface area contributed by atoms with Crippen molar-refractivity contribution in [1.82, 2.24) is 29.5 Å². The van der Waals surface area contributed by atoms with Crippen LogP contribution in [0.1, 0.15) is 5.56 Å². The highest BCUT2D eigenvalue weighted by Crippen LogP contribution is 2.30. The minimum atomic E-state index is 0.853. The number of rotatable bonds is 5. The molecule has 0 amide bonds. The first-order chi connectivity index (χ1) is 13.8. The summed E-state index contributed by atoms with van der Waals surface area (Å²) < 4.78 is 3.80. The van der Waals surface area contributed by atoms with Crippen LogP contribution in [-0.4, -0.2) is 29.5 Å². The molecule has 28 heavy (non-hydrogen) atoms. The molecule has 0 fully saturated rings. The number of nitrogens with zero attached hydrogens (tertiary/aromatic N) is 5. The summed E-state index contributed by atoms with van der Waals surface area (Å²) in [5, 5.41) is 9.89. The van der Waals surface area contributed by atoms with E-state index in [-0.39, 0.29) is 0 Å². The minimum absolute atomic E-state index is 0.853. The first-order valence-corrected chi connectivity index (χ1v) is 9.29. The summed E-state index contributed by atoms with van der Waals surface area (Å²) >= 11 is 0. The number of fused-ring (bicyclic) bond motifs is 1. The molecule has 0 saturated carbocycles. The van der Waals surface area contributed by atoms with Gasteiger partial charge in [-0.25, -0.2) is 4.98 Å². The predicted molar refractivity (Wildman–Crippen MR) is 110 cm³/mol. The van der Waals surface area contributed by atoms with E-state index >= 15 is 0 Å². The third kappa shape index (κ3) is 3.09. The van der Waals surface area contributed by atoms with Crippen LogP contribution in [-0.2, 0) is 20.0 Å². The van der Waals surface area contributed by atoms with Gasteiger partial charge in [-0.1, -0.05) is 30.3 Å². The Bertz CT molecular complexity index is 1230. The van der Waals surface area contributed by atoms with E-state index in [1.165, 1.54) is 5.56 Å². The lowest BCUT2D eigenvalue weighted by atomic mass is 10.1. The molecule has 0 aliphatic rings. The average molecular weight is 368 g/mol. The molecule has 0 radical (unpaired) electrons. The molecule has 5 aromatic rings. The van der Waals surface area contributed by atoms with Gasteiger partial charge in [0.25, 0.3) is 0 Å². The Morgan fingerprint density at radius 3 is 2.61 bits per heavy atom. The second kappa shape index (κ2) is 6.81. The molecule has 4 aromatic heterocycles. The summed E-state index contributed by atoms with van der Waals surface area (Å²) in [5.41, 5.74) is 6.50. The van der Waals surface area contributed by atoms with Gasteiger partial charge < -0.3 is 4.98 Å². The van der Waals surface area contributed by atoms with E-state index in [9.17, 15) is 0 Å². The zero-order valence-electron chi connectivity index (χ0n) is 15.6. The normalized spacial score (nSPS) is 11.3. The molecule has 0 bridgehead atoms. The first-order valence-electron chi connectivity index (χ1n) is 9.29. The van der Waals surface area contributed by atoms with Crippen molar-refractivity contribution in [3.05, 3.63) is 79.1 Å². The van der Waals surface area contributed by atoms with Crippen LogP contribution in [0.15, 0.2) is 73.6 Å². The Hall–Kier alpha value is -3.67. The van der Waals surface area contributed by atoms with Gasteiger partial charge >= 0.3 is 0 Å². The van der Waals surface area contributed by atoms with Gasteiger partial charge in [-0.3, -0.25) is 9.36 Å². The van der Waals surface area contributed by atoms with Crippen LogP contribution in [0.4, 0.5) is 0 Å². The second-order valence-corrected chi connectivity index (χ2v) is 6.95. The highest BCUT2D eigenvalue weighted by Gasteiger charge is 2.11. The van der Waals surface area contributed by atoms with Crippen molar-refractivity contribution in [3.63, 3.8) is 0 Å². The summed E-state index contributed by atoms with van der Waals surface area (Å²) in [6, 6.07) is 12.6. The highest BCUT2D eigenvalue weighted by molar-refractivity contribution is 5.95. The Labute approximate surface area is 162 Å². The maximum atomic E-state index is 4.58. The quantitative estimate of drug-likeness (QED) is 0.509. The molecule has 1 N–H and O–H groups in total. The van der Waals surface area contributed by atoms with Gasteiger partial charge in [0, 0.05) is 66.0 Å². The van der Waals surface area contributed by atoms with Gasteiger partial charge in [-0.05, 0) is 18.1 Å². The summed E-state index contributed by atoms with van der Waals surface area (Å²) in [6.45, 7) is 0.853. The maximum absolute atomic E-state index is 4.58. The van der Waals surface area contributed by atoms with Crippen molar-refractivity contribution in [1.29, 1.82) is 0 Å².